The van der Waals surface area contributed by atoms with Crippen LogP contribution in [-0.4, -0.2) is 101 Å². The van der Waals surface area contributed by atoms with Gasteiger partial charge in [-0.2, -0.15) is 10.2 Å². The number of nitrogens with zero attached hydrogens (tertiary/aromatic N) is 6. The quantitative estimate of drug-likeness (QED) is 0.221. The topological polar surface area (TPSA) is 122 Å². The summed E-state index contributed by atoms with van der Waals surface area (Å²) < 4.78 is 0. The molecule has 1 saturated carbocycles. The summed E-state index contributed by atoms with van der Waals surface area (Å²) in [4.78, 5) is 48.5. The first-order valence-electron chi connectivity index (χ1n) is 21.3. The van der Waals surface area contributed by atoms with Gasteiger partial charge in [0, 0.05) is 76.1 Å². The highest BCUT2D eigenvalue weighted by Gasteiger charge is 2.56. The number of carbonyl (C=O) groups is 3. The maximum Gasteiger partial charge on any atom is 0.234 e. The van der Waals surface area contributed by atoms with E-state index in [2.05, 4.69) is 83.6 Å². The second-order valence-corrected chi connectivity index (χ2v) is 18.3. The fourth-order valence-corrected chi connectivity index (χ4v) is 11.4. The lowest BCUT2D eigenvalue weighted by Crippen LogP contribution is -2.67. The van der Waals surface area contributed by atoms with Crippen molar-refractivity contribution in [2.75, 3.05) is 62.2 Å². The number of anilines is 2. The number of phenols is 1. The third-order valence-corrected chi connectivity index (χ3v) is 14.9. The summed E-state index contributed by atoms with van der Waals surface area (Å²) >= 11 is 0. The molecule has 58 heavy (non-hydrogen) atoms. The highest BCUT2D eigenvalue weighted by Crippen LogP contribution is 2.54. The molecule has 3 aromatic carbocycles. The van der Waals surface area contributed by atoms with Crippen LogP contribution in [0.4, 0.5) is 11.4 Å². The van der Waals surface area contributed by atoms with Gasteiger partial charge in [-0.15, -0.1) is 0 Å². The molecular formula is C47H53N7O4. The third-order valence-electron chi connectivity index (χ3n) is 14.9. The van der Waals surface area contributed by atoms with Crippen LogP contribution in [0.2, 0.25) is 0 Å². The first-order chi connectivity index (χ1) is 28.2. The number of piperidine rings is 3. The Morgan fingerprint density at radius 2 is 1.43 bits per heavy atom. The molecule has 0 bridgehead atoms. The number of likely N-dealkylation sites (tertiary alicyclic amines) is 2. The van der Waals surface area contributed by atoms with Crippen molar-refractivity contribution in [1.29, 1.82) is 0 Å². The minimum atomic E-state index is -0.556. The molecule has 1 atom stereocenters. The molecule has 0 unspecified atom stereocenters. The summed E-state index contributed by atoms with van der Waals surface area (Å²) in [5.74, 6) is -0.126. The molecule has 6 aliphatic rings. The molecule has 11 heteroatoms. The molecule has 1 aromatic heterocycles. The molecule has 6 heterocycles. The lowest BCUT2D eigenvalue weighted by atomic mass is 9.61. The average Bonchev–Trinajstić information content (AvgIpc) is 3.69. The van der Waals surface area contributed by atoms with Crippen molar-refractivity contribution < 1.29 is 19.5 Å². The molecule has 2 spiro atoms. The summed E-state index contributed by atoms with van der Waals surface area (Å²) in [6.07, 6.45) is 10.1. The van der Waals surface area contributed by atoms with E-state index >= 15 is 0 Å². The van der Waals surface area contributed by atoms with E-state index in [1.165, 1.54) is 24.9 Å². The Kier molecular flexibility index (Phi) is 9.26. The summed E-state index contributed by atoms with van der Waals surface area (Å²) in [6.45, 7) is 7.60. The molecule has 10 rings (SSSR count). The summed E-state index contributed by atoms with van der Waals surface area (Å²) in [6, 6.07) is 28.8. The zero-order valence-corrected chi connectivity index (χ0v) is 33.2. The Labute approximate surface area is 340 Å². The van der Waals surface area contributed by atoms with Gasteiger partial charge >= 0.3 is 0 Å². The smallest absolute Gasteiger partial charge is 0.234 e. The van der Waals surface area contributed by atoms with Crippen LogP contribution >= 0.6 is 0 Å². The van der Waals surface area contributed by atoms with Gasteiger partial charge in [0.15, 0.2) is 0 Å². The van der Waals surface area contributed by atoms with Crippen LogP contribution in [0.5, 0.6) is 5.75 Å². The standard InChI is InChI=1S/C47H53N7O4/c55-41-9-5-4-8-39(41)40-26-36(29-48-50-40)51-24-19-47(20-25-51,34-6-2-1-3-7-34)44(58)52-21-16-45(17-22-52)30-54(31-45)37-27-46(28-37)18-23-53(32-46)35-12-10-33(11-13-35)38-14-15-42(56)49-43(38)57/h1-13,26,29,37-38,55H,14-25,27-28,30-32H2,(H,49,56,57)/t37?,38-,46?/m1/s1. The van der Waals surface area contributed by atoms with Crippen molar-refractivity contribution in [2.24, 2.45) is 10.8 Å². The number of benzene rings is 3. The summed E-state index contributed by atoms with van der Waals surface area (Å²) in [7, 11) is 0. The van der Waals surface area contributed by atoms with E-state index < -0.39 is 5.41 Å². The number of nitrogens with one attached hydrogen (secondary N) is 1. The second kappa shape index (κ2) is 14.5. The SMILES string of the molecule is O=C1CC[C@H](c2ccc(N3CCC4(CC(N5CC6(CCN(C(=O)C7(c8ccccc8)CCN(c8cnnc(-c9ccccc9O)c8)CC7)CC6)C5)C4)C3)cc2)C(=O)N1. The van der Waals surface area contributed by atoms with Gasteiger partial charge in [0.2, 0.25) is 17.7 Å². The van der Waals surface area contributed by atoms with Crippen molar-refractivity contribution in [3.05, 3.63) is 102 Å². The van der Waals surface area contributed by atoms with Gasteiger partial charge in [-0.1, -0.05) is 54.6 Å². The number of carbonyl (C=O) groups excluding carboxylic acids is 3. The van der Waals surface area contributed by atoms with E-state index in [0.717, 1.165) is 94.9 Å². The number of amides is 3. The Morgan fingerprint density at radius 1 is 0.741 bits per heavy atom. The van der Waals surface area contributed by atoms with Crippen LogP contribution in [-0.2, 0) is 19.8 Å². The van der Waals surface area contributed by atoms with Gasteiger partial charge in [-0.25, -0.2) is 0 Å². The molecular weight excluding hydrogens is 727 g/mol. The zero-order valence-electron chi connectivity index (χ0n) is 33.2. The number of phenolic OH excluding ortho intramolecular Hbond substituents is 1. The largest absolute Gasteiger partial charge is 0.507 e. The Morgan fingerprint density at radius 3 is 2.16 bits per heavy atom. The molecule has 0 radical (unpaired) electrons. The average molecular weight is 780 g/mol. The highest BCUT2D eigenvalue weighted by atomic mass is 16.3. The fraction of sp³-hybridized carbons (Fsp3) is 0.468. The number of aromatic nitrogens is 2. The minimum Gasteiger partial charge on any atom is -0.507 e. The van der Waals surface area contributed by atoms with Gasteiger partial charge in [0.05, 0.1) is 28.9 Å². The van der Waals surface area contributed by atoms with E-state index in [1.807, 2.05) is 24.3 Å². The van der Waals surface area contributed by atoms with Crippen LogP contribution in [0.15, 0.2) is 91.1 Å². The van der Waals surface area contributed by atoms with Crippen LogP contribution < -0.4 is 15.1 Å². The summed E-state index contributed by atoms with van der Waals surface area (Å²) in [5, 5.41) is 21.5. The van der Waals surface area contributed by atoms with Gasteiger partial charge in [0.25, 0.3) is 0 Å². The molecule has 11 nitrogen and oxygen atoms in total. The second-order valence-electron chi connectivity index (χ2n) is 18.3. The molecule has 3 amide bonds. The third kappa shape index (κ3) is 6.61. The van der Waals surface area contributed by atoms with Crippen LogP contribution in [0, 0.1) is 10.8 Å². The van der Waals surface area contributed by atoms with Gasteiger partial charge in [0.1, 0.15) is 5.75 Å². The lowest BCUT2D eigenvalue weighted by Gasteiger charge is -2.61. The number of aromatic hydroxyl groups is 1. The minimum absolute atomic E-state index is 0.173. The number of para-hydroxylation sites is 1. The molecule has 300 valence electrons. The molecule has 6 fully saturated rings. The van der Waals surface area contributed by atoms with E-state index in [0.29, 0.717) is 41.0 Å². The molecule has 5 saturated heterocycles. The van der Waals surface area contributed by atoms with Crippen molar-refractivity contribution in [3.63, 3.8) is 0 Å². The number of hydrogen-bond donors (Lipinski definition) is 2. The fourth-order valence-electron chi connectivity index (χ4n) is 11.4. The first-order valence-corrected chi connectivity index (χ1v) is 21.3. The number of hydrogen-bond acceptors (Lipinski definition) is 9. The number of rotatable bonds is 7. The van der Waals surface area contributed by atoms with Crippen molar-refractivity contribution in [2.45, 2.75) is 75.2 Å². The molecule has 1 aliphatic carbocycles. The predicted octanol–water partition coefficient (Wildman–Crippen LogP) is 5.89. The molecule has 4 aromatic rings. The van der Waals surface area contributed by atoms with E-state index in [1.54, 1.807) is 18.3 Å². The first kappa shape index (κ1) is 37.0. The Hall–Kier alpha value is -5.29. The van der Waals surface area contributed by atoms with E-state index in [-0.39, 0.29) is 29.4 Å². The predicted molar refractivity (Wildman–Crippen MR) is 222 cm³/mol. The molecule has 5 aliphatic heterocycles. The zero-order chi connectivity index (χ0) is 39.5. The van der Waals surface area contributed by atoms with E-state index in [9.17, 15) is 19.5 Å². The van der Waals surface area contributed by atoms with Gasteiger partial charge in [-0.3, -0.25) is 24.6 Å². The normalized spacial score (nSPS) is 26.7. The van der Waals surface area contributed by atoms with Crippen molar-refractivity contribution in [1.82, 2.24) is 25.3 Å². The Bertz CT molecular complexity index is 2180. The van der Waals surface area contributed by atoms with E-state index in [4.69, 9.17) is 0 Å². The van der Waals surface area contributed by atoms with Gasteiger partial charge in [-0.05, 0) is 104 Å². The van der Waals surface area contributed by atoms with Crippen molar-refractivity contribution in [3.8, 4) is 17.0 Å². The maximum atomic E-state index is 14.7. The van der Waals surface area contributed by atoms with Crippen LogP contribution in [0.25, 0.3) is 11.3 Å². The lowest BCUT2D eigenvalue weighted by molar-refractivity contribution is -0.147. The monoisotopic (exact) mass is 779 g/mol. The Balaban J connectivity index is 0.726. The highest BCUT2D eigenvalue weighted by molar-refractivity contribution is 6.01. The van der Waals surface area contributed by atoms with Crippen molar-refractivity contribution >= 4 is 29.1 Å². The van der Waals surface area contributed by atoms with Crippen LogP contribution in [0.1, 0.15) is 74.8 Å². The molecule has 2 N–H and O–H groups in total. The van der Waals surface area contributed by atoms with Crippen LogP contribution in [0.3, 0.4) is 0 Å². The maximum absolute atomic E-state index is 14.7. The summed E-state index contributed by atoms with van der Waals surface area (Å²) in [5.41, 5.74) is 5.76. The number of imide groups is 1. The van der Waals surface area contributed by atoms with Gasteiger partial charge < -0.3 is 19.8 Å².